The molecule has 6 heteroatoms. The minimum Gasteiger partial charge on any atom is -0.395 e. The number of carbonyl (C=O) groups excluding carboxylic acids is 1. The van der Waals surface area contributed by atoms with Crippen LogP contribution in [-0.2, 0) is 4.79 Å². The van der Waals surface area contributed by atoms with Crippen molar-refractivity contribution in [2.75, 3.05) is 19.7 Å². The van der Waals surface area contributed by atoms with Crippen molar-refractivity contribution in [3.63, 3.8) is 0 Å². The van der Waals surface area contributed by atoms with Crippen molar-refractivity contribution in [3.8, 4) is 0 Å². The van der Waals surface area contributed by atoms with E-state index in [0.29, 0.717) is 12.8 Å². The van der Waals surface area contributed by atoms with Gasteiger partial charge in [-0.25, -0.2) is 8.78 Å². The van der Waals surface area contributed by atoms with Gasteiger partial charge in [-0.2, -0.15) is 0 Å². The van der Waals surface area contributed by atoms with Gasteiger partial charge in [0.25, 0.3) is 6.43 Å². The minimum atomic E-state index is -2.56. The van der Waals surface area contributed by atoms with Crippen LogP contribution in [-0.4, -0.2) is 48.1 Å². The van der Waals surface area contributed by atoms with Crippen LogP contribution in [0.5, 0.6) is 0 Å². The van der Waals surface area contributed by atoms with Crippen molar-refractivity contribution in [2.45, 2.75) is 38.2 Å². The molecule has 0 saturated heterocycles. The molecule has 1 saturated carbocycles. The first-order valence-corrected chi connectivity index (χ1v) is 5.98. The second-order valence-corrected chi connectivity index (χ2v) is 4.51. The second kappa shape index (κ2) is 6.86. The van der Waals surface area contributed by atoms with Crippen LogP contribution < -0.4 is 5.73 Å². The summed E-state index contributed by atoms with van der Waals surface area (Å²) in [7, 11) is 0. The SMILES string of the molecule is NC1CCC(C(=O)N(CCO)CC(F)F)CC1. The summed E-state index contributed by atoms with van der Waals surface area (Å²) in [5.74, 6) is -0.480. The summed E-state index contributed by atoms with van der Waals surface area (Å²) in [5.41, 5.74) is 5.73. The minimum absolute atomic E-state index is 0.0221. The van der Waals surface area contributed by atoms with E-state index < -0.39 is 13.0 Å². The van der Waals surface area contributed by atoms with Crippen LogP contribution in [0, 0.1) is 5.92 Å². The third kappa shape index (κ3) is 4.55. The highest BCUT2D eigenvalue weighted by Crippen LogP contribution is 2.25. The van der Waals surface area contributed by atoms with E-state index in [4.69, 9.17) is 10.8 Å². The average Bonchev–Trinajstić information content (AvgIpc) is 2.28. The second-order valence-electron chi connectivity index (χ2n) is 4.51. The molecule has 0 atom stereocenters. The van der Waals surface area contributed by atoms with Crippen LogP contribution in [0.15, 0.2) is 0 Å². The molecule has 1 fully saturated rings. The van der Waals surface area contributed by atoms with E-state index >= 15 is 0 Å². The molecule has 1 amide bonds. The van der Waals surface area contributed by atoms with Crippen LogP contribution >= 0.6 is 0 Å². The smallest absolute Gasteiger partial charge is 0.255 e. The van der Waals surface area contributed by atoms with Gasteiger partial charge in [0.2, 0.25) is 5.91 Å². The Morgan fingerprint density at radius 3 is 2.41 bits per heavy atom. The monoisotopic (exact) mass is 250 g/mol. The largest absolute Gasteiger partial charge is 0.395 e. The van der Waals surface area contributed by atoms with E-state index in [1.807, 2.05) is 0 Å². The maximum Gasteiger partial charge on any atom is 0.255 e. The molecule has 1 rings (SSSR count). The van der Waals surface area contributed by atoms with Crippen molar-refractivity contribution in [1.29, 1.82) is 0 Å². The molecule has 0 radical (unpaired) electrons. The summed E-state index contributed by atoms with van der Waals surface area (Å²) in [6, 6.07) is 0.125. The Bertz CT molecular complexity index is 244. The topological polar surface area (TPSA) is 66.6 Å². The molecule has 0 spiro atoms. The lowest BCUT2D eigenvalue weighted by atomic mass is 9.85. The number of nitrogens with two attached hydrogens (primary N) is 1. The lowest BCUT2D eigenvalue weighted by molar-refractivity contribution is -0.139. The van der Waals surface area contributed by atoms with Gasteiger partial charge in [-0.3, -0.25) is 4.79 Å². The number of amides is 1. The number of nitrogens with zero attached hydrogens (tertiary/aromatic N) is 1. The highest BCUT2D eigenvalue weighted by Gasteiger charge is 2.29. The molecular weight excluding hydrogens is 230 g/mol. The van der Waals surface area contributed by atoms with Crippen molar-refractivity contribution >= 4 is 5.91 Å². The molecule has 0 unspecified atom stereocenters. The fourth-order valence-corrected chi connectivity index (χ4v) is 2.20. The lowest BCUT2D eigenvalue weighted by Crippen LogP contribution is -2.43. The van der Waals surface area contributed by atoms with E-state index in [1.165, 1.54) is 0 Å². The number of hydrogen-bond donors (Lipinski definition) is 2. The number of alkyl halides is 2. The fraction of sp³-hybridized carbons (Fsp3) is 0.909. The molecule has 17 heavy (non-hydrogen) atoms. The van der Waals surface area contributed by atoms with E-state index in [9.17, 15) is 13.6 Å². The van der Waals surface area contributed by atoms with Gasteiger partial charge in [-0.15, -0.1) is 0 Å². The average molecular weight is 250 g/mol. The molecule has 1 aliphatic rings. The Labute approximate surface area is 99.8 Å². The molecule has 100 valence electrons. The van der Waals surface area contributed by atoms with Crippen molar-refractivity contribution in [1.82, 2.24) is 4.90 Å². The number of halogens is 2. The molecule has 1 aliphatic carbocycles. The Hall–Kier alpha value is -0.750. The van der Waals surface area contributed by atoms with E-state index in [2.05, 4.69) is 0 Å². The number of carbonyl (C=O) groups is 1. The maximum atomic E-state index is 12.3. The standard InChI is InChI=1S/C11H20F2N2O2/c12-10(13)7-15(5-6-16)11(17)8-1-3-9(14)4-2-8/h8-10,16H,1-7,14H2. The molecule has 4 nitrogen and oxygen atoms in total. The summed E-state index contributed by atoms with van der Waals surface area (Å²) >= 11 is 0. The van der Waals surface area contributed by atoms with E-state index in [0.717, 1.165) is 17.7 Å². The molecule has 0 aromatic heterocycles. The highest BCUT2D eigenvalue weighted by atomic mass is 19.3. The third-order valence-corrected chi connectivity index (χ3v) is 3.16. The molecule has 0 bridgehead atoms. The zero-order chi connectivity index (χ0) is 12.8. The van der Waals surface area contributed by atoms with Gasteiger partial charge < -0.3 is 15.7 Å². The first kappa shape index (κ1) is 14.3. The first-order chi connectivity index (χ1) is 8.04. The summed E-state index contributed by atoms with van der Waals surface area (Å²) in [6.45, 7) is -0.904. The molecule has 0 aliphatic heterocycles. The van der Waals surface area contributed by atoms with Gasteiger partial charge in [0.15, 0.2) is 0 Å². The molecule has 0 aromatic carbocycles. The maximum absolute atomic E-state index is 12.3. The number of aliphatic hydroxyl groups is 1. The van der Waals surface area contributed by atoms with Crippen molar-refractivity contribution < 1.29 is 18.7 Å². The number of aliphatic hydroxyl groups excluding tert-OH is 1. The quantitative estimate of drug-likeness (QED) is 0.750. The van der Waals surface area contributed by atoms with Crippen LogP contribution in [0.4, 0.5) is 8.78 Å². The molecular formula is C11H20F2N2O2. The van der Waals surface area contributed by atoms with Gasteiger partial charge in [0, 0.05) is 18.5 Å². The van der Waals surface area contributed by atoms with Gasteiger partial charge in [0.05, 0.1) is 13.2 Å². The van der Waals surface area contributed by atoms with Crippen molar-refractivity contribution in [3.05, 3.63) is 0 Å². The summed E-state index contributed by atoms with van der Waals surface area (Å²) < 4.78 is 24.6. The van der Waals surface area contributed by atoms with Crippen LogP contribution in [0.25, 0.3) is 0 Å². The first-order valence-electron chi connectivity index (χ1n) is 5.98. The lowest BCUT2D eigenvalue weighted by Gasteiger charge is -2.30. The van der Waals surface area contributed by atoms with Gasteiger partial charge in [-0.05, 0) is 25.7 Å². The summed E-state index contributed by atoms with van der Waals surface area (Å²) in [6.07, 6.45) is 0.281. The zero-order valence-electron chi connectivity index (χ0n) is 9.82. The molecule has 0 aromatic rings. The van der Waals surface area contributed by atoms with Gasteiger partial charge >= 0.3 is 0 Å². The Balaban J connectivity index is 2.51. The summed E-state index contributed by atoms with van der Waals surface area (Å²) in [4.78, 5) is 13.0. The Morgan fingerprint density at radius 2 is 1.94 bits per heavy atom. The van der Waals surface area contributed by atoms with Crippen LogP contribution in [0.3, 0.4) is 0 Å². The van der Waals surface area contributed by atoms with Gasteiger partial charge in [-0.1, -0.05) is 0 Å². The Morgan fingerprint density at radius 1 is 1.35 bits per heavy atom. The van der Waals surface area contributed by atoms with Crippen molar-refractivity contribution in [2.24, 2.45) is 11.7 Å². The third-order valence-electron chi connectivity index (χ3n) is 3.16. The molecule has 3 N–H and O–H groups in total. The van der Waals surface area contributed by atoms with Gasteiger partial charge in [0.1, 0.15) is 0 Å². The predicted molar refractivity (Wildman–Crippen MR) is 59.6 cm³/mol. The Kier molecular flexibility index (Phi) is 5.77. The molecule has 0 heterocycles. The highest BCUT2D eigenvalue weighted by molar-refractivity contribution is 5.79. The van der Waals surface area contributed by atoms with Crippen LogP contribution in [0.2, 0.25) is 0 Å². The van der Waals surface area contributed by atoms with Crippen LogP contribution in [0.1, 0.15) is 25.7 Å². The summed E-state index contributed by atoms with van der Waals surface area (Å²) in [5, 5.41) is 8.78. The normalized spacial score (nSPS) is 25.0. The zero-order valence-corrected chi connectivity index (χ0v) is 9.82. The van der Waals surface area contributed by atoms with E-state index in [-0.39, 0.29) is 31.0 Å². The fourth-order valence-electron chi connectivity index (χ4n) is 2.20. The number of hydrogen-bond acceptors (Lipinski definition) is 3. The number of rotatable bonds is 5. The predicted octanol–water partition coefficient (Wildman–Crippen LogP) is 0.590. The van der Waals surface area contributed by atoms with E-state index in [1.54, 1.807) is 0 Å².